The molecule has 0 fully saturated rings. The Labute approximate surface area is 216 Å². The largest absolute Gasteiger partial charge is 0.489 e. The second kappa shape index (κ2) is 10.6. The van der Waals surface area contributed by atoms with Gasteiger partial charge >= 0.3 is 0 Å². The minimum atomic E-state index is -0.242. The molecule has 0 radical (unpaired) electrons. The molecular formula is C26H22BrCl2N3O2. The number of benzene rings is 3. The summed E-state index contributed by atoms with van der Waals surface area (Å²) in [5, 5.41) is 8.76. The number of hydrogen-bond donors (Lipinski definition) is 1. The molecule has 8 heteroatoms. The van der Waals surface area contributed by atoms with Gasteiger partial charge in [0.1, 0.15) is 12.4 Å². The Morgan fingerprint density at radius 2 is 1.62 bits per heavy atom. The number of hydrogen-bond acceptors (Lipinski definition) is 3. The van der Waals surface area contributed by atoms with Crippen LogP contribution in [0, 0.1) is 13.8 Å². The SMILES string of the molecule is Cc1cc(OCc2ccc(C(=O)Nc3nn(Cc4ccc(Cl)cc4)cc3Br)cc2)cc(C)c1Cl. The summed E-state index contributed by atoms with van der Waals surface area (Å²) in [6.07, 6.45) is 1.82. The van der Waals surface area contributed by atoms with Gasteiger partial charge in [0.25, 0.3) is 5.91 Å². The lowest BCUT2D eigenvalue weighted by Gasteiger charge is -2.10. The van der Waals surface area contributed by atoms with E-state index >= 15 is 0 Å². The second-order valence-electron chi connectivity index (χ2n) is 7.96. The molecule has 0 aliphatic carbocycles. The molecule has 34 heavy (non-hydrogen) atoms. The van der Waals surface area contributed by atoms with Crippen LogP contribution in [0.25, 0.3) is 0 Å². The van der Waals surface area contributed by atoms with Crippen molar-refractivity contribution in [2.75, 3.05) is 5.32 Å². The quantitative estimate of drug-likeness (QED) is 0.256. The van der Waals surface area contributed by atoms with E-state index in [1.54, 1.807) is 16.8 Å². The van der Waals surface area contributed by atoms with Crippen LogP contribution in [0.15, 0.2) is 71.3 Å². The van der Waals surface area contributed by atoms with Crippen LogP contribution >= 0.6 is 39.1 Å². The summed E-state index contributed by atoms with van der Waals surface area (Å²) < 4.78 is 8.35. The van der Waals surface area contributed by atoms with E-state index in [-0.39, 0.29) is 5.91 Å². The molecule has 0 aliphatic heterocycles. The van der Waals surface area contributed by atoms with E-state index in [1.165, 1.54) is 0 Å². The Morgan fingerprint density at radius 3 is 2.26 bits per heavy atom. The highest BCUT2D eigenvalue weighted by Crippen LogP contribution is 2.26. The summed E-state index contributed by atoms with van der Waals surface area (Å²) in [6.45, 7) is 4.86. The van der Waals surface area contributed by atoms with E-state index in [9.17, 15) is 4.79 Å². The van der Waals surface area contributed by atoms with E-state index < -0.39 is 0 Å². The van der Waals surface area contributed by atoms with Gasteiger partial charge in [0, 0.05) is 21.8 Å². The van der Waals surface area contributed by atoms with Gasteiger partial charge in [0.15, 0.2) is 5.82 Å². The number of carbonyl (C=O) groups excluding carboxylic acids is 1. The molecule has 0 saturated carbocycles. The van der Waals surface area contributed by atoms with E-state index in [4.69, 9.17) is 27.9 Å². The topological polar surface area (TPSA) is 56.1 Å². The Bertz CT molecular complexity index is 1300. The fourth-order valence-electron chi connectivity index (χ4n) is 3.43. The van der Waals surface area contributed by atoms with Crippen molar-refractivity contribution in [3.05, 3.63) is 109 Å². The number of aryl methyl sites for hydroxylation is 2. The van der Waals surface area contributed by atoms with Crippen molar-refractivity contribution >= 4 is 50.9 Å². The maximum Gasteiger partial charge on any atom is 0.256 e. The predicted octanol–water partition coefficient (Wildman–Crippen LogP) is 7.45. The molecule has 1 aromatic heterocycles. The van der Waals surface area contributed by atoms with Crippen LogP contribution in [0.2, 0.25) is 10.0 Å². The predicted molar refractivity (Wildman–Crippen MR) is 140 cm³/mol. The fraction of sp³-hybridized carbons (Fsp3) is 0.154. The molecule has 1 N–H and O–H groups in total. The number of carbonyl (C=O) groups is 1. The number of anilines is 1. The Morgan fingerprint density at radius 1 is 1.00 bits per heavy atom. The minimum absolute atomic E-state index is 0.242. The van der Waals surface area contributed by atoms with Crippen molar-refractivity contribution in [2.45, 2.75) is 27.0 Å². The van der Waals surface area contributed by atoms with Crippen LogP contribution in [0.1, 0.15) is 32.6 Å². The van der Waals surface area contributed by atoms with Crippen LogP contribution in [0.5, 0.6) is 5.75 Å². The first-order valence-corrected chi connectivity index (χ1v) is 12.1. The molecule has 0 aliphatic rings. The molecule has 4 rings (SSSR count). The van der Waals surface area contributed by atoms with Gasteiger partial charge in [0.2, 0.25) is 0 Å². The lowest BCUT2D eigenvalue weighted by atomic mass is 10.1. The van der Waals surface area contributed by atoms with Crippen molar-refractivity contribution in [3.8, 4) is 5.75 Å². The molecule has 0 bridgehead atoms. The normalized spacial score (nSPS) is 10.9. The molecule has 3 aromatic carbocycles. The zero-order valence-corrected chi connectivity index (χ0v) is 21.7. The summed E-state index contributed by atoms with van der Waals surface area (Å²) in [6, 6.07) is 18.7. The third-order valence-corrected chi connectivity index (χ3v) is 6.67. The highest BCUT2D eigenvalue weighted by molar-refractivity contribution is 9.10. The minimum Gasteiger partial charge on any atom is -0.489 e. The first-order valence-electron chi connectivity index (χ1n) is 10.6. The number of nitrogens with zero attached hydrogens (tertiary/aromatic N) is 2. The van der Waals surface area contributed by atoms with Crippen LogP contribution < -0.4 is 10.1 Å². The third kappa shape index (κ3) is 6.00. The van der Waals surface area contributed by atoms with Gasteiger partial charge in [0.05, 0.1) is 11.0 Å². The van der Waals surface area contributed by atoms with Gasteiger partial charge in [-0.3, -0.25) is 9.48 Å². The van der Waals surface area contributed by atoms with Crippen molar-refractivity contribution < 1.29 is 9.53 Å². The van der Waals surface area contributed by atoms with Crippen LogP contribution in [0.3, 0.4) is 0 Å². The Kier molecular flexibility index (Phi) is 7.61. The van der Waals surface area contributed by atoms with Gasteiger partial charge in [-0.1, -0.05) is 47.5 Å². The number of amides is 1. The monoisotopic (exact) mass is 557 g/mol. The summed E-state index contributed by atoms with van der Waals surface area (Å²) in [5.41, 5.74) is 4.49. The maximum atomic E-state index is 12.7. The molecule has 1 amide bonds. The van der Waals surface area contributed by atoms with Gasteiger partial charge in [-0.05, 0) is 88.4 Å². The summed E-state index contributed by atoms with van der Waals surface area (Å²) in [7, 11) is 0. The number of nitrogens with one attached hydrogen (secondary N) is 1. The molecule has 174 valence electrons. The number of aromatic nitrogens is 2. The van der Waals surface area contributed by atoms with E-state index in [1.807, 2.05) is 68.6 Å². The summed E-state index contributed by atoms with van der Waals surface area (Å²) in [5.74, 6) is 0.981. The van der Waals surface area contributed by atoms with Crippen molar-refractivity contribution in [1.29, 1.82) is 0 Å². The smallest absolute Gasteiger partial charge is 0.256 e. The van der Waals surface area contributed by atoms with Crippen LogP contribution in [0.4, 0.5) is 5.82 Å². The second-order valence-corrected chi connectivity index (χ2v) is 9.63. The number of halogens is 3. The zero-order valence-electron chi connectivity index (χ0n) is 18.6. The average Bonchev–Trinajstić information content (AvgIpc) is 3.16. The summed E-state index contributed by atoms with van der Waals surface area (Å²) in [4.78, 5) is 12.7. The number of ether oxygens (including phenoxy) is 1. The molecule has 0 unspecified atom stereocenters. The Balaban J connectivity index is 1.36. The van der Waals surface area contributed by atoms with Crippen molar-refractivity contribution in [1.82, 2.24) is 9.78 Å². The third-order valence-electron chi connectivity index (χ3n) is 5.24. The molecule has 0 atom stereocenters. The van der Waals surface area contributed by atoms with Crippen LogP contribution in [-0.2, 0) is 13.2 Å². The average molecular weight is 559 g/mol. The first-order chi connectivity index (χ1) is 16.3. The van der Waals surface area contributed by atoms with Gasteiger partial charge in [-0.25, -0.2) is 0 Å². The van der Waals surface area contributed by atoms with Crippen molar-refractivity contribution in [2.24, 2.45) is 0 Å². The van der Waals surface area contributed by atoms with Gasteiger partial charge in [-0.15, -0.1) is 0 Å². The number of rotatable bonds is 7. The fourth-order valence-corrected chi connectivity index (χ4v) is 4.08. The summed E-state index contributed by atoms with van der Waals surface area (Å²) >= 11 is 15.6. The van der Waals surface area contributed by atoms with Gasteiger partial charge in [-0.2, -0.15) is 5.10 Å². The molecule has 4 aromatic rings. The molecule has 5 nitrogen and oxygen atoms in total. The molecule has 0 spiro atoms. The molecular weight excluding hydrogens is 537 g/mol. The van der Waals surface area contributed by atoms with E-state index in [0.717, 1.165) is 33.0 Å². The molecule has 0 saturated heterocycles. The highest BCUT2D eigenvalue weighted by atomic mass is 79.9. The maximum absolute atomic E-state index is 12.7. The van der Waals surface area contributed by atoms with E-state index in [2.05, 4.69) is 26.3 Å². The van der Waals surface area contributed by atoms with Crippen LogP contribution in [-0.4, -0.2) is 15.7 Å². The lowest BCUT2D eigenvalue weighted by Crippen LogP contribution is -2.13. The van der Waals surface area contributed by atoms with Crippen molar-refractivity contribution in [3.63, 3.8) is 0 Å². The lowest BCUT2D eigenvalue weighted by molar-refractivity contribution is 0.102. The Hall–Kier alpha value is -2.80. The van der Waals surface area contributed by atoms with Gasteiger partial charge < -0.3 is 10.1 Å². The molecule has 1 heterocycles. The highest BCUT2D eigenvalue weighted by Gasteiger charge is 2.13. The first kappa shape index (κ1) is 24.3. The van der Waals surface area contributed by atoms with E-state index in [0.29, 0.717) is 34.0 Å². The standard InChI is InChI=1S/C26H22BrCl2N3O2/c1-16-11-22(12-17(2)24(16)29)34-15-19-3-7-20(8-4-19)26(33)30-25-23(27)14-32(31-25)13-18-5-9-21(28)10-6-18/h3-12,14H,13,15H2,1-2H3,(H,30,31,33). The zero-order chi connectivity index (χ0) is 24.2.